The molecule has 21 heavy (non-hydrogen) atoms. The van der Waals surface area contributed by atoms with Gasteiger partial charge in [0.25, 0.3) is 0 Å². The lowest BCUT2D eigenvalue weighted by atomic mass is 9.79. The van der Waals surface area contributed by atoms with Gasteiger partial charge in [-0.2, -0.15) is 0 Å². The Morgan fingerprint density at radius 1 is 1.52 bits per heavy atom. The van der Waals surface area contributed by atoms with Gasteiger partial charge in [-0.1, -0.05) is 24.9 Å². The van der Waals surface area contributed by atoms with Gasteiger partial charge in [-0.3, -0.25) is 4.79 Å². The molecule has 2 rings (SSSR count). The van der Waals surface area contributed by atoms with E-state index in [-0.39, 0.29) is 5.91 Å². The van der Waals surface area contributed by atoms with E-state index in [4.69, 9.17) is 4.52 Å². The van der Waals surface area contributed by atoms with E-state index in [1.165, 1.54) is 6.42 Å². The molecule has 1 aromatic heterocycles. The highest BCUT2D eigenvalue weighted by atomic mass is 16.5. The highest BCUT2D eigenvalue weighted by molar-refractivity contribution is 5.76. The highest BCUT2D eigenvalue weighted by Gasteiger charge is 2.32. The molecule has 1 saturated carbocycles. The normalized spacial score (nSPS) is 25.8. The highest BCUT2D eigenvalue weighted by Crippen LogP contribution is 2.31. The van der Waals surface area contributed by atoms with Crippen molar-refractivity contribution < 1.29 is 14.4 Å². The summed E-state index contributed by atoms with van der Waals surface area (Å²) in [6.07, 6.45) is 4.78. The number of rotatable bonds is 5. The molecular formula is C16H26N2O3. The van der Waals surface area contributed by atoms with Crippen molar-refractivity contribution in [2.45, 2.75) is 64.9 Å². The molecule has 1 heterocycles. The number of aliphatic hydroxyl groups is 1. The number of amides is 1. The van der Waals surface area contributed by atoms with Gasteiger partial charge in [0, 0.05) is 18.5 Å². The van der Waals surface area contributed by atoms with Gasteiger partial charge < -0.3 is 14.9 Å². The van der Waals surface area contributed by atoms with Crippen molar-refractivity contribution in [3.05, 3.63) is 17.0 Å². The van der Waals surface area contributed by atoms with Gasteiger partial charge in [0.05, 0.1) is 11.3 Å². The summed E-state index contributed by atoms with van der Waals surface area (Å²) in [4.78, 5) is 12.0. The SMILES string of the molecule is Cc1noc(C)c1CCC(=O)NCC1(O)CCCC(C)C1. The number of nitrogens with one attached hydrogen (secondary N) is 1. The van der Waals surface area contributed by atoms with Crippen LogP contribution >= 0.6 is 0 Å². The average Bonchev–Trinajstić information content (AvgIpc) is 2.73. The number of aryl methyl sites for hydroxylation is 2. The molecule has 5 nitrogen and oxygen atoms in total. The van der Waals surface area contributed by atoms with Crippen LogP contribution in [0.2, 0.25) is 0 Å². The quantitative estimate of drug-likeness (QED) is 0.873. The fraction of sp³-hybridized carbons (Fsp3) is 0.750. The predicted molar refractivity (Wildman–Crippen MR) is 79.9 cm³/mol. The zero-order chi connectivity index (χ0) is 15.5. The second kappa shape index (κ2) is 6.60. The van der Waals surface area contributed by atoms with E-state index in [0.717, 1.165) is 36.3 Å². The van der Waals surface area contributed by atoms with Crippen molar-refractivity contribution in [3.8, 4) is 0 Å². The second-order valence-corrected chi connectivity index (χ2v) is 6.51. The van der Waals surface area contributed by atoms with Crippen LogP contribution in [0.3, 0.4) is 0 Å². The van der Waals surface area contributed by atoms with Gasteiger partial charge in [-0.25, -0.2) is 0 Å². The molecule has 0 saturated heterocycles. The monoisotopic (exact) mass is 294 g/mol. The largest absolute Gasteiger partial charge is 0.388 e. The molecule has 5 heteroatoms. The Bertz CT molecular complexity index is 478. The minimum Gasteiger partial charge on any atom is -0.388 e. The topological polar surface area (TPSA) is 75.4 Å². The lowest BCUT2D eigenvalue weighted by Crippen LogP contribution is -2.45. The molecule has 0 spiro atoms. The Hall–Kier alpha value is -1.36. The van der Waals surface area contributed by atoms with E-state index < -0.39 is 5.60 Å². The van der Waals surface area contributed by atoms with Crippen LogP contribution in [0.15, 0.2) is 4.52 Å². The van der Waals surface area contributed by atoms with Crippen molar-refractivity contribution in [1.82, 2.24) is 10.5 Å². The maximum atomic E-state index is 12.0. The third-order valence-corrected chi connectivity index (χ3v) is 4.47. The van der Waals surface area contributed by atoms with E-state index in [2.05, 4.69) is 17.4 Å². The number of aromatic nitrogens is 1. The summed E-state index contributed by atoms with van der Waals surface area (Å²) in [5.74, 6) is 1.28. The molecule has 1 aliphatic rings. The maximum Gasteiger partial charge on any atom is 0.220 e. The number of hydrogen-bond donors (Lipinski definition) is 2. The minimum absolute atomic E-state index is 0.0262. The van der Waals surface area contributed by atoms with Crippen LogP contribution < -0.4 is 5.32 Å². The first-order valence-electron chi connectivity index (χ1n) is 7.80. The van der Waals surface area contributed by atoms with Crippen molar-refractivity contribution in [2.75, 3.05) is 6.54 Å². The molecule has 1 aromatic rings. The summed E-state index contributed by atoms with van der Waals surface area (Å²) in [5.41, 5.74) is 1.13. The second-order valence-electron chi connectivity index (χ2n) is 6.51. The Kier molecular flexibility index (Phi) is 5.04. The van der Waals surface area contributed by atoms with Gasteiger partial charge in [-0.05, 0) is 39.0 Å². The maximum absolute atomic E-state index is 12.0. The molecule has 0 radical (unpaired) electrons. The van der Waals surface area contributed by atoms with Crippen LogP contribution in [-0.2, 0) is 11.2 Å². The summed E-state index contributed by atoms with van der Waals surface area (Å²) < 4.78 is 5.09. The summed E-state index contributed by atoms with van der Waals surface area (Å²) >= 11 is 0. The summed E-state index contributed by atoms with van der Waals surface area (Å²) in [6, 6.07) is 0. The van der Waals surface area contributed by atoms with Crippen molar-refractivity contribution in [2.24, 2.45) is 5.92 Å². The summed E-state index contributed by atoms with van der Waals surface area (Å²) in [5, 5.41) is 17.3. The Labute approximate surface area is 126 Å². The molecule has 1 fully saturated rings. The first kappa shape index (κ1) is 16.0. The molecule has 118 valence electrons. The number of hydrogen-bond acceptors (Lipinski definition) is 4. The van der Waals surface area contributed by atoms with Crippen LogP contribution in [0.1, 0.15) is 56.0 Å². The molecule has 2 unspecified atom stereocenters. The fourth-order valence-electron chi connectivity index (χ4n) is 3.24. The Balaban J connectivity index is 1.77. The number of nitrogens with zero attached hydrogens (tertiary/aromatic N) is 1. The molecule has 0 aromatic carbocycles. The summed E-state index contributed by atoms with van der Waals surface area (Å²) in [6.45, 7) is 6.26. The van der Waals surface area contributed by atoms with Gasteiger partial charge >= 0.3 is 0 Å². The van der Waals surface area contributed by atoms with Crippen molar-refractivity contribution in [3.63, 3.8) is 0 Å². The van der Waals surface area contributed by atoms with Crippen molar-refractivity contribution in [1.29, 1.82) is 0 Å². The molecule has 1 aliphatic carbocycles. The van der Waals surface area contributed by atoms with Crippen LogP contribution in [-0.4, -0.2) is 28.3 Å². The van der Waals surface area contributed by atoms with Crippen LogP contribution in [0.5, 0.6) is 0 Å². The summed E-state index contributed by atoms with van der Waals surface area (Å²) in [7, 11) is 0. The average molecular weight is 294 g/mol. The lowest BCUT2D eigenvalue weighted by molar-refractivity contribution is -0.122. The van der Waals surface area contributed by atoms with Gasteiger partial charge in [0.2, 0.25) is 5.91 Å². The third-order valence-electron chi connectivity index (χ3n) is 4.47. The molecule has 2 N–H and O–H groups in total. The van der Waals surface area contributed by atoms with Gasteiger partial charge in [0.1, 0.15) is 5.76 Å². The number of carbonyl (C=O) groups excluding carboxylic acids is 1. The Morgan fingerprint density at radius 3 is 2.90 bits per heavy atom. The zero-order valence-corrected chi connectivity index (χ0v) is 13.2. The van der Waals surface area contributed by atoms with Crippen LogP contribution in [0.25, 0.3) is 0 Å². The Morgan fingerprint density at radius 2 is 2.29 bits per heavy atom. The fourth-order valence-corrected chi connectivity index (χ4v) is 3.24. The van der Waals surface area contributed by atoms with E-state index in [1.807, 2.05) is 13.8 Å². The smallest absolute Gasteiger partial charge is 0.220 e. The third kappa shape index (κ3) is 4.30. The van der Waals surface area contributed by atoms with Crippen LogP contribution in [0, 0.1) is 19.8 Å². The zero-order valence-electron chi connectivity index (χ0n) is 13.2. The van der Waals surface area contributed by atoms with E-state index in [9.17, 15) is 9.90 Å². The van der Waals surface area contributed by atoms with Gasteiger partial charge in [0.15, 0.2) is 0 Å². The molecule has 0 aliphatic heterocycles. The lowest BCUT2D eigenvalue weighted by Gasteiger charge is -2.35. The number of carbonyl (C=O) groups is 1. The molecule has 0 bridgehead atoms. The minimum atomic E-state index is -0.726. The van der Waals surface area contributed by atoms with Crippen molar-refractivity contribution >= 4 is 5.91 Å². The predicted octanol–water partition coefficient (Wildman–Crippen LogP) is 2.28. The van der Waals surface area contributed by atoms with Gasteiger partial charge in [-0.15, -0.1) is 0 Å². The standard InChI is InChI=1S/C16H26N2O3/c1-11-5-4-8-16(20,9-11)10-17-15(19)7-6-14-12(2)18-21-13(14)3/h11,20H,4-10H2,1-3H3,(H,17,19). The first-order chi connectivity index (χ1) is 9.89. The van der Waals surface area contributed by atoms with E-state index >= 15 is 0 Å². The van der Waals surface area contributed by atoms with E-state index in [0.29, 0.717) is 25.3 Å². The molecular weight excluding hydrogens is 268 g/mol. The van der Waals surface area contributed by atoms with Crippen LogP contribution in [0.4, 0.5) is 0 Å². The molecule has 2 atom stereocenters. The first-order valence-corrected chi connectivity index (χ1v) is 7.80. The molecule has 1 amide bonds. The van der Waals surface area contributed by atoms with E-state index in [1.54, 1.807) is 0 Å².